The summed E-state index contributed by atoms with van der Waals surface area (Å²) in [6.45, 7) is 10.5. The maximum absolute atomic E-state index is 13.2. The summed E-state index contributed by atoms with van der Waals surface area (Å²) in [5.74, 6) is 0.155. The maximum Gasteiger partial charge on any atom is 0.228 e. The van der Waals surface area contributed by atoms with Gasteiger partial charge in [0.2, 0.25) is 5.91 Å². The van der Waals surface area contributed by atoms with Crippen molar-refractivity contribution in [1.82, 2.24) is 9.80 Å². The number of piperazine rings is 1. The van der Waals surface area contributed by atoms with Crippen molar-refractivity contribution >= 4 is 11.6 Å². The molecule has 0 bridgehead atoms. The zero-order chi connectivity index (χ0) is 19.6. The Hall–Kier alpha value is -1.62. The number of carbonyl (C=O) groups excluding carboxylic acids is 1. The third-order valence-corrected chi connectivity index (χ3v) is 6.95. The summed E-state index contributed by atoms with van der Waals surface area (Å²) >= 11 is 0. The van der Waals surface area contributed by atoms with Gasteiger partial charge in [-0.2, -0.15) is 0 Å². The summed E-state index contributed by atoms with van der Waals surface area (Å²) in [7, 11) is 1.98. The molecule has 4 nitrogen and oxygen atoms in total. The third kappa shape index (κ3) is 3.98. The molecule has 1 aromatic carbocycles. The Labute approximate surface area is 163 Å². The van der Waals surface area contributed by atoms with Crippen LogP contribution in [0.2, 0.25) is 0 Å². The van der Waals surface area contributed by atoms with Crippen molar-refractivity contribution < 1.29 is 9.18 Å². The number of hydrogen-bond donors (Lipinski definition) is 0. The van der Waals surface area contributed by atoms with Crippen LogP contribution in [0.25, 0.3) is 0 Å². The highest BCUT2D eigenvalue weighted by molar-refractivity contribution is 5.85. The highest BCUT2D eigenvalue weighted by Crippen LogP contribution is 2.42. The lowest BCUT2D eigenvalue weighted by Crippen LogP contribution is -2.52. The molecule has 1 amide bonds. The molecule has 0 aromatic heterocycles. The molecule has 27 heavy (non-hydrogen) atoms. The lowest BCUT2D eigenvalue weighted by molar-refractivity contribution is -0.136. The Morgan fingerprint density at radius 2 is 1.81 bits per heavy atom. The Morgan fingerprint density at radius 1 is 1.15 bits per heavy atom. The fourth-order valence-electron chi connectivity index (χ4n) is 4.94. The first-order chi connectivity index (χ1) is 12.9. The number of likely N-dealkylation sites (tertiary alicyclic amines) is 1. The van der Waals surface area contributed by atoms with E-state index in [0.717, 1.165) is 57.5 Å². The predicted molar refractivity (Wildman–Crippen MR) is 108 cm³/mol. The second-order valence-electron chi connectivity index (χ2n) is 8.37. The van der Waals surface area contributed by atoms with Gasteiger partial charge in [-0.3, -0.25) is 9.69 Å². The van der Waals surface area contributed by atoms with Crippen LogP contribution in [0.15, 0.2) is 24.3 Å². The summed E-state index contributed by atoms with van der Waals surface area (Å²) in [5.41, 5.74) is 0.967. The van der Waals surface area contributed by atoms with E-state index in [2.05, 4.69) is 30.6 Å². The summed E-state index contributed by atoms with van der Waals surface area (Å²) < 4.78 is 13.2. The molecule has 0 saturated carbocycles. The number of benzene rings is 1. The number of carbonyl (C=O) groups is 1. The van der Waals surface area contributed by atoms with Crippen LogP contribution in [0.3, 0.4) is 0 Å². The van der Waals surface area contributed by atoms with Crippen molar-refractivity contribution in [2.24, 2.45) is 5.41 Å². The molecule has 0 unspecified atom stereocenters. The third-order valence-electron chi connectivity index (χ3n) is 6.95. The van der Waals surface area contributed by atoms with Gasteiger partial charge >= 0.3 is 0 Å². The Balaban J connectivity index is 1.53. The van der Waals surface area contributed by atoms with Gasteiger partial charge in [0.05, 0.1) is 5.41 Å². The lowest BCUT2D eigenvalue weighted by atomic mass is 9.79. The number of nitrogens with zero attached hydrogens (tertiary/aromatic N) is 3. The summed E-state index contributed by atoms with van der Waals surface area (Å²) in [4.78, 5) is 19.6. The molecule has 0 N–H and O–H groups in total. The summed E-state index contributed by atoms with van der Waals surface area (Å²) in [6.07, 6.45) is 3.93. The van der Waals surface area contributed by atoms with Gasteiger partial charge in [0, 0.05) is 51.0 Å². The Kier molecular flexibility index (Phi) is 6.09. The topological polar surface area (TPSA) is 26.8 Å². The van der Waals surface area contributed by atoms with Gasteiger partial charge in [0.1, 0.15) is 5.82 Å². The largest absolute Gasteiger partial charge is 0.366 e. The molecule has 2 fully saturated rings. The van der Waals surface area contributed by atoms with Crippen molar-refractivity contribution in [1.29, 1.82) is 0 Å². The molecule has 3 rings (SSSR count). The minimum atomic E-state index is -0.185. The first-order valence-corrected chi connectivity index (χ1v) is 10.4. The van der Waals surface area contributed by atoms with Crippen LogP contribution in [0.5, 0.6) is 0 Å². The van der Waals surface area contributed by atoms with E-state index < -0.39 is 0 Å². The normalized spacial score (nSPS) is 26.0. The lowest BCUT2D eigenvalue weighted by Gasteiger charge is -2.41. The number of hydrogen-bond acceptors (Lipinski definition) is 3. The monoisotopic (exact) mass is 375 g/mol. The molecule has 2 aliphatic rings. The van der Waals surface area contributed by atoms with E-state index in [1.54, 1.807) is 0 Å². The smallest absolute Gasteiger partial charge is 0.228 e. The van der Waals surface area contributed by atoms with Crippen LogP contribution in [0, 0.1) is 11.2 Å². The first kappa shape index (κ1) is 20.1. The number of anilines is 1. The molecular formula is C22H34FN3O. The maximum atomic E-state index is 13.2. The number of halogens is 1. The van der Waals surface area contributed by atoms with Crippen LogP contribution in [-0.2, 0) is 4.79 Å². The first-order valence-electron chi connectivity index (χ1n) is 10.4. The number of amides is 1. The average molecular weight is 376 g/mol. The van der Waals surface area contributed by atoms with E-state index in [9.17, 15) is 9.18 Å². The van der Waals surface area contributed by atoms with Gasteiger partial charge in [-0.1, -0.05) is 13.8 Å². The van der Waals surface area contributed by atoms with Crippen molar-refractivity contribution in [2.45, 2.75) is 58.5 Å². The minimum absolute atomic E-state index is 0.131. The van der Waals surface area contributed by atoms with Crippen LogP contribution < -0.4 is 4.90 Å². The van der Waals surface area contributed by atoms with Crippen molar-refractivity contribution in [3.8, 4) is 0 Å². The summed E-state index contributed by atoms with van der Waals surface area (Å²) in [6, 6.07) is 7.58. The SMILES string of the molecule is CCC1(CC)C[C@H](CCN2CCN(c3ccc(F)cc3)[C@H](C)C2)N(C)C1=O. The molecule has 5 heteroatoms. The summed E-state index contributed by atoms with van der Waals surface area (Å²) in [5, 5.41) is 0. The van der Waals surface area contributed by atoms with Gasteiger partial charge in [-0.05, 0) is 56.9 Å². The van der Waals surface area contributed by atoms with Gasteiger partial charge in [0.25, 0.3) is 0 Å². The molecular weight excluding hydrogens is 341 g/mol. The van der Waals surface area contributed by atoms with E-state index in [-0.39, 0.29) is 11.2 Å². The molecule has 0 spiro atoms. The Bertz CT molecular complexity index is 643. The van der Waals surface area contributed by atoms with Crippen LogP contribution >= 0.6 is 0 Å². The van der Waals surface area contributed by atoms with E-state index in [1.807, 2.05) is 24.1 Å². The molecule has 2 aliphatic heterocycles. The second kappa shape index (κ2) is 8.17. The average Bonchev–Trinajstić information content (AvgIpc) is 2.92. The van der Waals surface area contributed by atoms with Crippen LogP contribution in [0.1, 0.15) is 46.5 Å². The van der Waals surface area contributed by atoms with Gasteiger partial charge in [-0.25, -0.2) is 4.39 Å². The predicted octanol–water partition coefficient (Wildman–Crippen LogP) is 3.76. The molecule has 1 aromatic rings. The van der Waals surface area contributed by atoms with Crippen molar-refractivity contribution in [3.05, 3.63) is 30.1 Å². The van der Waals surface area contributed by atoms with Crippen molar-refractivity contribution in [3.63, 3.8) is 0 Å². The van der Waals surface area contributed by atoms with E-state index >= 15 is 0 Å². The number of rotatable bonds is 6. The molecule has 2 atom stereocenters. The fourth-order valence-corrected chi connectivity index (χ4v) is 4.94. The second-order valence-corrected chi connectivity index (χ2v) is 8.37. The van der Waals surface area contributed by atoms with E-state index in [0.29, 0.717) is 18.0 Å². The van der Waals surface area contributed by atoms with E-state index in [4.69, 9.17) is 0 Å². The molecule has 2 saturated heterocycles. The van der Waals surface area contributed by atoms with Gasteiger partial charge in [-0.15, -0.1) is 0 Å². The molecule has 2 heterocycles. The van der Waals surface area contributed by atoms with Crippen molar-refractivity contribution in [2.75, 3.05) is 38.1 Å². The minimum Gasteiger partial charge on any atom is -0.366 e. The highest BCUT2D eigenvalue weighted by Gasteiger charge is 2.47. The fraction of sp³-hybridized carbons (Fsp3) is 0.682. The van der Waals surface area contributed by atoms with Crippen LogP contribution in [-0.4, -0.2) is 61.0 Å². The van der Waals surface area contributed by atoms with E-state index in [1.165, 1.54) is 12.1 Å². The van der Waals surface area contributed by atoms with Gasteiger partial charge in [0.15, 0.2) is 0 Å². The van der Waals surface area contributed by atoms with Gasteiger partial charge < -0.3 is 9.80 Å². The quantitative estimate of drug-likeness (QED) is 0.757. The molecule has 150 valence electrons. The van der Waals surface area contributed by atoms with Crippen LogP contribution in [0.4, 0.5) is 10.1 Å². The standard InChI is InChI=1S/C22H34FN3O/c1-5-22(6-2)15-20(24(4)21(22)27)11-12-25-13-14-26(17(3)16-25)19-9-7-18(23)8-10-19/h7-10,17,20H,5-6,11-16H2,1-4H3/t17-,20+/m1/s1. The Morgan fingerprint density at radius 3 is 2.37 bits per heavy atom. The molecule has 0 radical (unpaired) electrons. The zero-order valence-electron chi connectivity index (χ0n) is 17.2. The molecule has 0 aliphatic carbocycles. The zero-order valence-corrected chi connectivity index (χ0v) is 17.2. The highest BCUT2D eigenvalue weighted by atomic mass is 19.1.